The second-order valence-corrected chi connectivity index (χ2v) is 5.05. The van der Waals surface area contributed by atoms with Crippen molar-refractivity contribution < 1.29 is 14.3 Å². The van der Waals surface area contributed by atoms with Gasteiger partial charge in [-0.2, -0.15) is 5.26 Å². The van der Waals surface area contributed by atoms with Gasteiger partial charge in [-0.1, -0.05) is 18.2 Å². The van der Waals surface area contributed by atoms with Crippen LogP contribution in [0.4, 0.5) is 0 Å². The van der Waals surface area contributed by atoms with Crippen LogP contribution in [0.2, 0.25) is 0 Å². The maximum absolute atomic E-state index is 12.1. The molecule has 0 saturated carbocycles. The molecule has 0 spiro atoms. The molecule has 0 N–H and O–H groups in total. The first-order valence-electron chi connectivity index (χ1n) is 6.88. The number of aryl methyl sites for hydroxylation is 2. The highest BCUT2D eigenvalue weighted by molar-refractivity contribution is 5.76. The van der Waals surface area contributed by atoms with E-state index in [-0.39, 0.29) is 12.4 Å². The lowest BCUT2D eigenvalue weighted by Gasteiger charge is -2.10. The van der Waals surface area contributed by atoms with E-state index in [9.17, 15) is 4.79 Å². The molecule has 0 heterocycles. The molecule has 112 valence electrons. The molecule has 0 radical (unpaired) electrons. The zero-order valence-corrected chi connectivity index (χ0v) is 12.8. The Labute approximate surface area is 129 Å². The van der Waals surface area contributed by atoms with Gasteiger partial charge in [-0.05, 0) is 42.7 Å². The average Bonchev–Trinajstić information content (AvgIpc) is 2.51. The number of esters is 1. The molecule has 0 amide bonds. The van der Waals surface area contributed by atoms with Crippen LogP contribution in [-0.4, -0.2) is 13.1 Å². The van der Waals surface area contributed by atoms with Crippen LogP contribution in [0.25, 0.3) is 0 Å². The molecule has 0 unspecified atom stereocenters. The molecule has 2 aromatic rings. The predicted molar refractivity (Wildman–Crippen MR) is 83.0 cm³/mol. The third-order valence-electron chi connectivity index (χ3n) is 3.44. The number of rotatable bonds is 4. The SMILES string of the molecule is COc1cc(C#N)ccc1OC(=O)Cc1ccc(C)c(C)c1. The Morgan fingerprint density at radius 2 is 1.86 bits per heavy atom. The lowest BCUT2D eigenvalue weighted by atomic mass is 10.0. The van der Waals surface area contributed by atoms with Crippen LogP contribution in [-0.2, 0) is 11.2 Å². The Morgan fingerprint density at radius 3 is 2.50 bits per heavy atom. The van der Waals surface area contributed by atoms with Gasteiger partial charge >= 0.3 is 5.97 Å². The summed E-state index contributed by atoms with van der Waals surface area (Å²) in [4.78, 5) is 12.1. The van der Waals surface area contributed by atoms with Crippen LogP contribution in [0.15, 0.2) is 36.4 Å². The minimum atomic E-state index is -0.369. The van der Waals surface area contributed by atoms with Crippen molar-refractivity contribution in [2.75, 3.05) is 7.11 Å². The van der Waals surface area contributed by atoms with Gasteiger partial charge in [0.05, 0.1) is 25.2 Å². The normalized spacial score (nSPS) is 9.91. The third-order valence-corrected chi connectivity index (χ3v) is 3.44. The number of hydrogen-bond acceptors (Lipinski definition) is 4. The summed E-state index contributed by atoms with van der Waals surface area (Å²) in [5.41, 5.74) is 3.68. The van der Waals surface area contributed by atoms with E-state index >= 15 is 0 Å². The summed E-state index contributed by atoms with van der Waals surface area (Å²) in [7, 11) is 1.47. The number of carbonyl (C=O) groups excluding carboxylic acids is 1. The highest BCUT2D eigenvalue weighted by atomic mass is 16.6. The van der Waals surface area contributed by atoms with Crippen LogP contribution in [0.3, 0.4) is 0 Å². The third kappa shape index (κ3) is 3.64. The lowest BCUT2D eigenvalue weighted by Crippen LogP contribution is -2.12. The fraction of sp³-hybridized carbons (Fsp3) is 0.222. The Kier molecular flexibility index (Phi) is 4.80. The first-order chi connectivity index (χ1) is 10.5. The highest BCUT2D eigenvalue weighted by Crippen LogP contribution is 2.28. The Hall–Kier alpha value is -2.80. The molecule has 0 saturated heterocycles. The van der Waals surface area contributed by atoms with Gasteiger partial charge in [0, 0.05) is 6.07 Å². The molecular formula is C18H17NO3. The molecule has 4 heteroatoms. The van der Waals surface area contributed by atoms with Crippen LogP contribution in [0.5, 0.6) is 11.5 Å². The van der Waals surface area contributed by atoms with Crippen LogP contribution in [0, 0.1) is 25.2 Å². The maximum Gasteiger partial charge on any atom is 0.315 e. The minimum absolute atomic E-state index is 0.185. The standard InChI is InChI=1S/C18H17NO3/c1-12-4-5-14(8-13(12)2)10-18(20)22-16-7-6-15(11-19)9-17(16)21-3/h4-9H,10H2,1-3H3. The van der Waals surface area contributed by atoms with E-state index < -0.39 is 0 Å². The molecule has 0 aliphatic rings. The van der Waals surface area contributed by atoms with Crippen molar-refractivity contribution in [1.29, 1.82) is 5.26 Å². The number of nitrogens with zero attached hydrogens (tertiary/aromatic N) is 1. The maximum atomic E-state index is 12.1. The zero-order chi connectivity index (χ0) is 16.1. The van der Waals surface area contributed by atoms with Crippen molar-refractivity contribution in [2.45, 2.75) is 20.3 Å². The summed E-state index contributed by atoms with van der Waals surface area (Å²) >= 11 is 0. The smallest absolute Gasteiger partial charge is 0.315 e. The first kappa shape index (κ1) is 15.6. The number of carbonyl (C=O) groups is 1. The van der Waals surface area contributed by atoms with Gasteiger partial charge in [0.1, 0.15) is 0 Å². The lowest BCUT2D eigenvalue weighted by molar-refractivity contribution is -0.133. The van der Waals surface area contributed by atoms with Crippen molar-refractivity contribution >= 4 is 5.97 Å². The van der Waals surface area contributed by atoms with E-state index in [1.165, 1.54) is 12.7 Å². The second-order valence-electron chi connectivity index (χ2n) is 5.05. The van der Waals surface area contributed by atoms with Gasteiger partial charge in [-0.15, -0.1) is 0 Å². The molecule has 0 aliphatic heterocycles. The molecule has 4 nitrogen and oxygen atoms in total. The molecular weight excluding hydrogens is 278 g/mol. The van der Waals surface area contributed by atoms with Crippen molar-refractivity contribution in [3.8, 4) is 17.6 Å². The molecule has 22 heavy (non-hydrogen) atoms. The monoisotopic (exact) mass is 295 g/mol. The number of methoxy groups -OCH3 is 1. The molecule has 0 atom stereocenters. The van der Waals surface area contributed by atoms with E-state index in [2.05, 4.69) is 0 Å². The van der Waals surface area contributed by atoms with E-state index in [0.29, 0.717) is 17.1 Å². The van der Waals surface area contributed by atoms with Crippen LogP contribution < -0.4 is 9.47 Å². The van der Waals surface area contributed by atoms with E-state index in [1.54, 1.807) is 18.2 Å². The molecule has 0 fully saturated rings. The summed E-state index contributed by atoms with van der Waals surface area (Å²) in [6.07, 6.45) is 0.185. The second kappa shape index (κ2) is 6.77. The summed E-state index contributed by atoms with van der Waals surface area (Å²) in [6.45, 7) is 4.03. The van der Waals surface area contributed by atoms with Crippen molar-refractivity contribution in [3.63, 3.8) is 0 Å². The minimum Gasteiger partial charge on any atom is -0.493 e. The van der Waals surface area contributed by atoms with Gasteiger partial charge in [0.25, 0.3) is 0 Å². The molecule has 2 rings (SSSR count). The molecule has 0 bridgehead atoms. The number of nitriles is 1. The van der Waals surface area contributed by atoms with Crippen molar-refractivity contribution in [1.82, 2.24) is 0 Å². The van der Waals surface area contributed by atoms with Crippen LogP contribution in [0.1, 0.15) is 22.3 Å². The summed E-state index contributed by atoms with van der Waals surface area (Å²) < 4.78 is 10.5. The molecule has 0 aromatic heterocycles. The Balaban J connectivity index is 2.12. The number of benzene rings is 2. The largest absolute Gasteiger partial charge is 0.493 e. The molecule has 0 aliphatic carbocycles. The quantitative estimate of drug-likeness (QED) is 0.641. The van der Waals surface area contributed by atoms with E-state index in [4.69, 9.17) is 14.7 Å². The van der Waals surface area contributed by atoms with Gasteiger partial charge in [0.15, 0.2) is 11.5 Å². The summed E-state index contributed by atoms with van der Waals surface area (Å²) in [6, 6.07) is 12.6. The van der Waals surface area contributed by atoms with Crippen molar-refractivity contribution in [3.05, 3.63) is 58.7 Å². The van der Waals surface area contributed by atoms with Gasteiger partial charge < -0.3 is 9.47 Å². The predicted octanol–water partition coefficient (Wildman–Crippen LogP) is 3.33. The summed E-state index contributed by atoms with van der Waals surface area (Å²) in [5, 5.41) is 8.86. The first-order valence-corrected chi connectivity index (χ1v) is 6.88. The van der Waals surface area contributed by atoms with Gasteiger partial charge in [-0.25, -0.2) is 0 Å². The fourth-order valence-electron chi connectivity index (χ4n) is 2.06. The Morgan fingerprint density at radius 1 is 1.09 bits per heavy atom. The van der Waals surface area contributed by atoms with Crippen molar-refractivity contribution in [2.24, 2.45) is 0 Å². The van der Waals surface area contributed by atoms with Gasteiger partial charge in [-0.3, -0.25) is 4.79 Å². The zero-order valence-electron chi connectivity index (χ0n) is 12.8. The highest BCUT2D eigenvalue weighted by Gasteiger charge is 2.12. The number of hydrogen-bond donors (Lipinski definition) is 0. The van der Waals surface area contributed by atoms with Gasteiger partial charge in [0.2, 0.25) is 0 Å². The Bertz CT molecular complexity index is 744. The fourth-order valence-corrected chi connectivity index (χ4v) is 2.06. The number of ether oxygens (including phenoxy) is 2. The van der Waals surface area contributed by atoms with Crippen LogP contribution >= 0.6 is 0 Å². The topological polar surface area (TPSA) is 59.3 Å². The average molecular weight is 295 g/mol. The van der Waals surface area contributed by atoms with E-state index in [0.717, 1.165) is 11.1 Å². The van der Waals surface area contributed by atoms with E-state index in [1.807, 2.05) is 38.1 Å². The summed E-state index contributed by atoms with van der Waals surface area (Å²) in [5.74, 6) is 0.314. The molecule has 2 aromatic carbocycles.